The highest BCUT2D eigenvalue weighted by Gasteiger charge is 1.95. The molecule has 0 spiro atoms. The smallest absolute Gasteiger partial charge is 0.141 e. The molecule has 0 bridgehead atoms. The van der Waals surface area contributed by atoms with E-state index < -0.39 is 0 Å². The molecule has 3 nitrogen and oxygen atoms in total. The Hall–Kier alpha value is -1.00. The summed E-state index contributed by atoms with van der Waals surface area (Å²) in [5.41, 5.74) is 0.876. The van der Waals surface area contributed by atoms with Gasteiger partial charge in [0.1, 0.15) is 5.82 Å². The zero-order valence-corrected chi connectivity index (χ0v) is 10.7. The van der Waals surface area contributed by atoms with Crippen LogP contribution in [-0.4, -0.2) is 24.6 Å². The molecule has 0 aromatic carbocycles. The van der Waals surface area contributed by atoms with E-state index in [9.17, 15) is 4.39 Å². The van der Waals surface area contributed by atoms with Crippen molar-refractivity contribution in [3.63, 3.8) is 0 Å². The molecule has 0 aliphatic carbocycles. The average Bonchev–Trinajstić information content (AvgIpc) is 2.30. The van der Waals surface area contributed by atoms with Crippen LogP contribution in [-0.2, 0) is 6.54 Å². The summed E-state index contributed by atoms with van der Waals surface area (Å²) in [5, 5.41) is 6.67. The summed E-state index contributed by atoms with van der Waals surface area (Å²) in [6, 6.07) is 3.15. The highest BCUT2D eigenvalue weighted by molar-refractivity contribution is 5.04. The van der Waals surface area contributed by atoms with Crippen molar-refractivity contribution < 1.29 is 4.39 Å². The van der Waals surface area contributed by atoms with Crippen molar-refractivity contribution in [3.8, 4) is 0 Å². The van der Waals surface area contributed by atoms with Crippen LogP contribution in [0.2, 0.25) is 0 Å². The molecule has 0 fully saturated rings. The topological polar surface area (TPSA) is 37.0 Å². The number of nitrogens with one attached hydrogen (secondary N) is 2. The van der Waals surface area contributed by atoms with Crippen molar-refractivity contribution in [2.24, 2.45) is 5.92 Å². The van der Waals surface area contributed by atoms with Crippen LogP contribution in [0.3, 0.4) is 0 Å². The first-order chi connectivity index (χ1) is 8.18. The van der Waals surface area contributed by atoms with Crippen LogP contribution in [0.5, 0.6) is 0 Å². The number of hydrogen-bond acceptors (Lipinski definition) is 3. The third kappa shape index (κ3) is 7.02. The van der Waals surface area contributed by atoms with E-state index in [4.69, 9.17) is 0 Å². The third-order valence-electron chi connectivity index (χ3n) is 2.35. The largest absolute Gasteiger partial charge is 0.316 e. The maximum Gasteiger partial charge on any atom is 0.141 e. The SMILES string of the molecule is CC(C)CNCCCNCc1ccc(F)cn1. The molecule has 96 valence electrons. The minimum absolute atomic E-state index is 0.286. The summed E-state index contributed by atoms with van der Waals surface area (Å²) in [6.07, 6.45) is 2.34. The number of halogens is 1. The van der Waals surface area contributed by atoms with Gasteiger partial charge in [-0.25, -0.2) is 4.39 Å². The maximum absolute atomic E-state index is 12.6. The molecule has 0 saturated heterocycles. The molecule has 1 aromatic rings. The molecule has 1 aromatic heterocycles. The first kappa shape index (κ1) is 14.1. The fraction of sp³-hybridized carbons (Fsp3) is 0.615. The number of hydrogen-bond donors (Lipinski definition) is 2. The molecule has 0 unspecified atom stereocenters. The molecule has 17 heavy (non-hydrogen) atoms. The van der Waals surface area contributed by atoms with Gasteiger partial charge in [-0.05, 0) is 44.1 Å². The highest BCUT2D eigenvalue weighted by atomic mass is 19.1. The summed E-state index contributed by atoms with van der Waals surface area (Å²) in [7, 11) is 0. The van der Waals surface area contributed by atoms with E-state index in [1.165, 1.54) is 12.3 Å². The molecule has 4 heteroatoms. The summed E-state index contributed by atoms with van der Waals surface area (Å²) in [6.45, 7) is 8.15. The number of nitrogens with zero attached hydrogens (tertiary/aromatic N) is 1. The summed E-state index contributed by atoms with van der Waals surface area (Å²) in [5.74, 6) is 0.415. The minimum atomic E-state index is -0.286. The van der Waals surface area contributed by atoms with Gasteiger partial charge in [-0.2, -0.15) is 0 Å². The molecule has 0 atom stereocenters. The normalized spacial score (nSPS) is 11.1. The molecule has 0 saturated carbocycles. The zero-order valence-electron chi connectivity index (χ0n) is 10.7. The minimum Gasteiger partial charge on any atom is -0.316 e. The van der Waals surface area contributed by atoms with Crippen LogP contribution in [0.1, 0.15) is 26.0 Å². The first-order valence-electron chi connectivity index (χ1n) is 6.20. The van der Waals surface area contributed by atoms with Gasteiger partial charge < -0.3 is 10.6 Å². The van der Waals surface area contributed by atoms with Gasteiger partial charge in [0.05, 0.1) is 11.9 Å². The fourth-order valence-electron chi connectivity index (χ4n) is 1.46. The molecule has 0 aliphatic rings. The van der Waals surface area contributed by atoms with Crippen molar-refractivity contribution in [1.29, 1.82) is 0 Å². The van der Waals surface area contributed by atoms with Crippen molar-refractivity contribution in [1.82, 2.24) is 15.6 Å². The standard InChI is InChI=1S/C13H22FN3/c1-11(2)8-15-6-3-7-16-10-13-5-4-12(14)9-17-13/h4-5,9,11,15-16H,3,6-8,10H2,1-2H3. The lowest BCUT2D eigenvalue weighted by atomic mass is 10.2. The van der Waals surface area contributed by atoms with E-state index in [1.54, 1.807) is 6.07 Å². The summed E-state index contributed by atoms with van der Waals surface area (Å²) >= 11 is 0. The Labute approximate surface area is 103 Å². The molecule has 1 heterocycles. The Kier molecular flexibility index (Phi) is 6.74. The average molecular weight is 239 g/mol. The molecular weight excluding hydrogens is 217 g/mol. The van der Waals surface area contributed by atoms with Crippen LogP contribution in [0.15, 0.2) is 18.3 Å². The Morgan fingerprint density at radius 1 is 1.24 bits per heavy atom. The van der Waals surface area contributed by atoms with Gasteiger partial charge >= 0.3 is 0 Å². The second kappa shape index (κ2) is 8.14. The van der Waals surface area contributed by atoms with Crippen LogP contribution in [0, 0.1) is 11.7 Å². The van der Waals surface area contributed by atoms with Gasteiger partial charge in [-0.3, -0.25) is 4.98 Å². The van der Waals surface area contributed by atoms with E-state index in [0.29, 0.717) is 12.5 Å². The molecule has 1 rings (SSSR count). The van der Waals surface area contributed by atoms with Crippen molar-refractivity contribution >= 4 is 0 Å². The van der Waals surface area contributed by atoms with Gasteiger partial charge in [0.2, 0.25) is 0 Å². The van der Waals surface area contributed by atoms with E-state index in [0.717, 1.165) is 31.7 Å². The Morgan fingerprint density at radius 2 is 2.00 bits per heavy atom. The van der Waals surface area contributed by atoms with E-state index in [1.807, 2.05) is 0 Å². The van der Waals surface area contributed by atoms with Crippen LogP contribution < -0.4 is 10.6 Å². The Balaban J connectivity index is 1.99. The quantitative estimate of drug-likeness (QED) is 0.681. The van der Waals surface area contributed by atoms with Crippen molar-refractivity contribution in [3.05, 3.63) is 29.8 Å². The summed E-state index contributed by atoms with van der Waals surface area (Å²) in [4.78, 5) is 3.98. The van der Waals surface area contributed by atoms with Crippen LogP contribution in [0.25, 0.3) is 0 Å². The Bertz CT molecular complexity index is 298. The third-order valence-corrected chi connectivity index (χ3v) is 2.35. The molecule has 0 amide bonds. The van der Waals surface area contributed by atoms with Gasteiger partial charge in [0.25, 0.3) is 0 Å². The molecule has 2 N–H and O–H groups in total. The first-order valence-corrected chi connectivity index (χ1v) is 6.20. The second-order valence-electron chi connectivity index (χ2n) is 4.60. The predicted molar refractivity (Wildman–Crippen MR) is 68.2 cm³/mol. The monoisotopic (exact) mass is 239 g/mol. The zero-order chi connectivity index (χ0) is 12.5. The van der Waals surface area contributed by atoms with Crippen LogP contribution in [0.4, 0.5) is 4.39 Å². The van der Waals surface area contributed by atoms with E-state index >= 15 is 0 Å². The second-order valence-corrected chi connectivity index (χ2v) is 4.60. The lowest BCUT2D eigenvalue weighted by Gasteiger charge is -2.07. The van der Waals surface area contributed by atoms with E-state index in [-0.39, 0.29) is 5.82 Å². The van der Waals surface area contributed by atoms with Crippen molar-refractivity contribution in [2.45, 2.75) is 26.8 Å². The predicted octanol–water partition coefficient (Wildman–Crippen LogP) is 1.95. The van der Waals surface area contributed by atoms with Gasteiger partial charge in [0.15, 0.2) is 0 Å². The van der Waals surface area contributed by atoms with Crippen LogP contribution >= 0.6 is 0 Å². The fourth-order valence-corrected chi connectivity index (χ4v) is 1.46. The molecule has 0 aliphatic heterocycles. The maximum atomic E-state index is 12.6. The number of rotatable bonds is 8. The van der Waals surface area contributed by atoms with Crippen molar-refractivity contribution in [2.75, 3.05) is 19.6 Å². The highest BCUT2D eigenvalue weighted by Crippen LogP contribution is 1.97. The number of pyridine rings is 1. The Morgan fingerprint density at radius 3 is 2.65 bits per heavy atom. The lowest BCUT2D eigenvalue weighted by Crippen LogP contribution is -2.24. The molecule has 0 radical (unpaired) electrons. The summed E-state index contributed by atoms with van der Waals surface area (Å²) < 4.78 is 12.6. The van der Waals surface area contributed by atoms with Gasteiger partial charge in [0, 0.05) is 6.54 Å². The molecular formula is C13H22FN3. The van der Waals surface area contributed by atoms with Gasteiger partial charge in [-0.1, -0.05) is 13.8 Å². The number of aromatic nitrogens is 1. The lowest BCUT2D eigenvalue weighted by molar-refractivity contribution is 0.529. The van der Waals surface area contributed by atoms with Gasteiger partial charge in [-0.15, -0.1) is 0 Å². The van der Waals surface area contributed by atoms with E-state index in [2.05, 4.69) is 29.5 Å².